The molecule has 1 atom stereocenters. The summed E-state index contributed by atoms with van der Waals surface area (Å²) in [6.45, 7) is 5.32. The molecule has 1 unspecified atom stereocenters. The van der Waals surface area contributed by atoms with E-state index >= 15 is 13.2 Å². The number of nitrogens with zero attached hydrogens (tertiary/aromatic N) is 3. The van der Waals surface area contributed by atoms with Crippen molar-refractivity contribution >= 4 is 34.9 Å². The van der Waals surface area contributed by atoms with E-state index in [0.717, 1.165) is 96.0 Å². The first-order chi connectivity index (χ1) is 24.1. The van der Waals surface area contributed by atoms with Gasteiger partial charge in [0.15, 0.2) is 5.11 Å². The van der Waals surface area contributed by atoms with E-state index in [1.807, 2.05) is 4.90 Å². The molecule has 0 bridgehead atoms. The summed E-state index contributed by atoms with van der Waals surface area (Å²) in [5, 5.41) is 31.6. The maximum absolute atomic E-state index is 15.0. The largest absolute Gasteiger partial charge is 0.468 e. The zero-order chi connectivity index (χ0) is 37.6. The molecule has 1 saturated heterocycles. The number of esters is 1. The number of benzene rings is 1. The van der Waals surface area contributed by atoms with Crippen LogP contribution in [0.4, 0.5) is 18.9 Å². The highest BCUT2D eigenvalue weighted by molar-refractivity contribution is 7.80. The first kappa shape index (κ1) is 41.0. The molecule has 3 aliphatic rings. The average molecular weight is 737 g/mol. The van der Waals surface area contributed by atoms with Crippen LogP contribution in [0.2, 0.25) is 0 Å². The molecular formula is C38H55F3N4O5S. The Kier molecular flexibility index (Phi) is 13.9. The highest BCUT2D eigenvalue weighted by Gasteiger charge is 2.54. The average Bonchev–Trinajstić information content (AvgIpc) is 3.27. The van der Waals surface area contributed by atoms with Crippen LogP contribution < -0.4 is 10.2 Å². The Morgan fingerprint density at radius 2 is 1.55 bits per heavy atom. The molecule has 9 nitrogen and oxygen atoms in total. The van der Waals surface area contributed by atoms with E-state index in [1.54, 1.807) is 19.9 Å². The summed E-state index contributed by atoms with van der Waals surface area (Å²) in [6, 6.07) is 3.86. The van der Waals surface area contributed by atoms with Gasteiger partial charge < -0.3 is 19.8 Å². The quantitative estimate of drug-likeness (QED) is 0.101. The van der Waals surface area contributed by atoms with Gasteiger partial charge in [0.2, 0.25) is 0 Å². The van der Waals surface area contributed by atoms with Gasteiger partial charge in [-0.05, 0) is 127 Å². The summed E-state index contributed by atoms with van der Waals surface area (Å²) in [5.41, 5.74) is -5.02. The number of rotatable bonds is 15. The van der Waals surface area contributed by atoms with E-state index in [-0.39, 0.29) is 41.7 Å². The summed E-state index contributed by atoms with van der Waals surface area (Å²) in [5.74, 6) is -0.237. The summed E-state index contributed by atoms with van der Waals surface area (Å²) in [6.07, 6.45) is 6.51. The van der Waals surface area contributed by atoms with Crippen LogP contribution in [0, 0.1) is 23.2 Å². The SMILES string of the molecule is COC(=O)C(C)(Cc1c(N2C(=O)C(C)(C)N(C3CCC(CCCCO)CC3)C2=S)ccc(C#N)c1C(F)(F)F)NC1CCC(CCCCO)CC1. The molecule has 1 aromatic carbocycles. The van der Waals surface area contributed by atoms with Gasteiger partial charge in [0, 0.05) is 31.7 Å². The van der Waals surface area contributed by atoms with Gasteiger partial charge in [-0.25, -0.2) is 0 Å². The van der Waals surface area contributed by atoms with Gasteiger partial charge in [0.1, 0.15) is 11.1 Å². The Labute approximate surface area is 305 Å². The van der Waals surface area contributed by atoms with E-state index in [0.29, 0.717) is 11.8 Å². The predicted octanol–water partition coefficient (Wildman–Crippen LogP) is 6.80. The van der Waals surface area contributed by atoms with Crippen molar-refractivity contribution in [2.45, 2.75) is 146 Å². The number of aliphatic hydroxyl groups excluding tert-OH is 2. The third-order valence-corrected chi connectivity index (χ3v) is 11.8. The van der Waals surface area contributed by atoms with Gasteiger partial charge in [-0.2, -0.15) is 18.4 Å². The topological polar surface area (TPSA) is 126 Å². The predicted molar refractivity (Wildman–Crippen MR) is 193 cm³/mol. The van der Waals surface area contributed by atoms with E-state index in [9.17, 15) is 14.9 Å². The standard InChI is InChI=1S/C38H55F3N4O5S/c1-36(2)33(48)44(35(51)45(36)29-18-13-26(14-19-29)10-6-8-22-47)31-20-15-27(24-42)32(38(39,40)41)30(31)23-37(3,34(49)50-4)43-28-16-11-25(12-17-28)9-5-7-21-46/h15,20,25-26,28-29,43,46-47H,5-14,16-19,21-23H2,1-4H3. The molecule has 51 heavy (non-hydrogen) atoms. The number of anilines is 1. The van der Waals surface area contributed by atoms with Crippen molar-refractivity contribution in [3.63, 3.8) is 0 Å². The second-order valence-electron chi connectivity index (χ2n) is 15.4. The Morgan fingerprint density at radius 3 is 2.04 bits per heavy atom. The van der Waals surface area contributed by atoms with Crippen molar-refractivity contribution in [2.24, 2.45) is 11.8 Å². The van der Waals surface area contributed by atoms with Crippen molar-refractivity contribution in [1.82, 2.24) is 10.2 Å². The minimum absolute atomic E-state index is 0.0831. The Balaban J connectivity index is 1.69. The highest BCUT2D eigenvalue weighted by atomic mass is 32.1. The molecule has 1 heterocycles. The van der Waals surface area contributed by atoms with Crippen LogP contribution in [0.25, 0.3) is 0 Å². The highest BCUT2D eigenvalue weighted by Crippen LogP contribution is 2.45. The monoisotopic (exact) mass is 736 g/mol. The number of unbranched alkanes of at least 4 members (excludes halogenated alkanes) is 2. The fourth-order valence-corrected chi connectivity index (χ4v) is 9.22. The van der Waals surface area contributed by atoms with Gasteiger partial charge in [-0.15, -0.1) is 0 Å². The Morgan fingerprint density at radius 1 is 1.00 bits per heavy atom. The molecule has 3 fully saturated rings. The summed E-state index contributed by atoms with van der Waals surface area (Å²) in [4.78, 5) is 30.9. The number of hydrogen-bond donors (Lipinski definition) is 3. The summed E-state index contributed by atoms with van der Waals surface area (Å²) < 4.78 is 50.3. The molecule has 284 valence electrons. The number of thiocarbonyl (C=S) groups is 1. The van der Waals surface area contributed by atoms with Gasteiger partial charge in [-0.1, -0.05) is 25.7 Å². The zero-order valence-corrected chi connectivity index (χ0v) is 31.3. The number of amides is 1. The van der Waals surface area contributed by atoms with E-state index < -0.39 is 46.7 Å². The molecule has 1 aliphatic heterocycles. The molecule has 1 aromatic rings. The van der Waals surface area contributed by atoms with E-state index in [4.69, 9.17) is 27.2 Å². The van der Waals surface area contributed by atoms with E-state index in [2.05, 4.69) is 5.32 Å². The maximum atomic E-state index is 15.0. The van der Waals surface area contributed by atoms with Crippen LogP contribution in [-0.4, -0.2) is 75.6 Å². The van der Waals surface area contributed by atoms with Gasteiger partial charge in [0.05, 0.1) is 30.0 Å². The molecule has 2 aliphatic carbocycles. The van der Waals surface area contributed by atoms with Crippen LogP contribution in [0.1, 0.15) is 127 Å². The molecule has 1 amide bonds. The number of ether oxygens (including phenoxy) is 1. The van der Waals surface area contributed by atoms with E-state index in [1.165, 1.54) is 25.0 Å². The van der Waals surface area contributed by atoms with Gasteiger partial charge >= 0.3 is 12.1 Å². The number of halogens is 3. The minimum atomic E-state index is -4.98. The van der Waals surface area contributed by atoms with Crippen LogP contribution in [-0.2, 0) is 26.9 Å². The van der Waals surface area contributed by atoms with Gasteiger partial charge in [-0.3, -0.25) is 19.8 Å². The number of methoxy groups -OCH3 is 1. The first-order valence-corrected chi connectivity index (χ1v) is 18.9. The number of nitrogens with one attached hydrogen (secondary N) is 1. The number of alkyl halides is 3. The third-order valence-electron chi connectivity index (χ3n) is 11.4. The molecule has 0 radical (unpaired) electrons. The summed E-state index contributed by atoms with van der Waals surface area (Å²) in [7, 11) is 1.19. The molecular weight excluding hydrogens is 682 g/mol. The number of aliphatic hydroxyl groups is 2. The van der Waals surface area contributed by atoms with Crippen molar-refractivity contribution in [3.8, 4) is 6.07 Å². The lowest BCUT2D eigenvalue weighted by Gasteiger charge is -2.41. The molecule has 2 saturated carbocycles. The smallest absolute Gasteiger partial charge is 0.418 e. The lowest BCUT2D eigenvalue weighted by Crippen LogP contribution is -2.56. The molecule has 13 heteroatoms. The normalized spacial score (nSPS) is 25.1. The molecule has 0 spiro atoms. The Hall–Kier alpha value is -2.79. The minimum Gasteiger partial charge on any atom is -0.468 e. The number of carbonyl (C=O) groups excluding carboxylic acids is 2. The fraction of sp³-hybridized carbons (Fsp3) is 0.737. The van der Waals surface area contributed by atoms with Crippen molar-refractivity contribution < 1.29 is 37.7 Å². The van der Waals surface area contributed by atoms with Crippen LogP contribution in [0.5, 0.6) is 0 Å². The Bertz CT molecular complexity index is 1430. The lowest BCUT2D eigenvalue weighted by molar-refractivity contribution is -0.149. The fourth-order valence-electron chi connectivity index (χ4n) is 8.67. The lowest BCUT2D eigenvalue weighted by atomic mass is 9.81. The second kappa shape index (κ2) is 17.4. The van der Waals surface area contributed by atoms with Crippen molar-refractivity contribution in [1.29, 1.82) is 5.26 Å². The zero-order valence-electron chi connectivity index (χ0n) is 30.5. The van der Waals surface area contributed by atoms with Crippen LogP contribution in [0.3, 0.4) is 0 Å². The maximum Gasteiger partial charge on any atom is 0.418 e. The van der Waals surface area contributed by atoms with Crippen LogP contribution in [0.15, 0.2) is 12.1 Å². The van der Waals surface area contributed by atoms with Crippen molar-refractivity contribution in [3.05, 3.63) is 28.8 Å². The number of nitriles is 1. The molecule has 4 rings (SSSR count). The first-order valence-electron chi connectivity index (χ1n) is 18.5. The third kappa shape index (κ3) is 9.24. The van der Waals surface area contributed by atoms with Gasteiger partial charge in [0.25, 0.3) is 5.91 Å². The molecule has 0 aromatic heterocycles. The second-order valence-corrected chi connectivity index (χ2v) is 15.8. The van der Waals surface area contributed by atoms with Crippen LogP contribution >= 0.6 is 12.2 Å². The number of hydrogen-bond acceptors (Lipinski definition) is 8. The van der Waals surface area contributed by atoms with Crippen molar-refractivity contribution in [2.75, 3.05) is 25.2 Å². The summed E-state index contributed by atoms with van der Waals surface area (Å²) >= 11 is 5.95. The number of carbonyl (C=O) groups is 2. The molecule has 3 N–H and O–H groups in total.